The molecule has 1 aliphatic heterocycles. The molecule has 7 heteroatoms. The van der Waals surface area contributed by atoms with Gasteiger partial charge in [-0.2, -0.15) is 0 Å². The van der Waals surface area contributed by atoms with Gasteiger partial charge in [-0.1, -0.05) is 23.2 Å². The Bertz CT molecular complexity index is 1030. The summed E-state index contributed by atoms with van der Waals surface area (Å²) in [6.45, 7) is 5.56. The van der Waals surface area contributed by atoms with E-state index in [1.165, 1.54) is 7.11 Å². The maximum absolute atomic E-state index is 11.8. The number of rotatable bonds is 3. The summed E-state index contributed by atoms with van der Waals surface area (Å²) in [5, 5.41) is 11.5. The van der Waals surface area contributed by atoms with Crippen molar-refractivity contribution in [2.24, 2.45) is 4.99 Å². The molecule has 0 unspecified atom stereocenters. The van der Waals surface area contributed by atoms with E-state index >= 15 is 0 Å². The lowest BCUT2D eigenvalue weighted by atomic mass is 10.1. The minimum absolute atomic E-state index is 0.0826. The van der Waals surface area contributed by atoms with Crippen LogP contribution in [0, 0.1) is 13.8 Å². The molecule has 0 saturated heterocycles. The summed E-state index contributed by atoms with van der Waals surface area (Å²) in [4.78, 5) is 16.1. The first-order valence-electron chi connectivity index (χ1n) is 8.17. The number of aliphatic imine (C=N–C) groups is 1. The van der Waals surface area contributed by atoms with Crippen LogP contribution in [0.15, 0.2) is 46.3 Å². The van der Waals surface area contributed by atoms with Gasteiger partial charge in [-0.05, 0) is 56.7 Å². The largest absolute Gasteiger partial charge is 0.505 e. The van der Waals surface area contributed by atoms with Crippen LogP contribution in [0.2, 0.25) is 10.0 Å². The maximum atomic E-state index is 11.8. The van der Waals surface area contributed by atoms with Crippen LogP contribution in [0.5, 0.6) is 0 Å². The summed E-state index contributed by atoms with van der Waals surface area (Å²) in [5.74, 6) is -0.800. The van der Waals surface area contributed by atoms with Crippen molar-refractivity contribution in [1.29, 1.82) is 0 Å². The summed E-state index contributed by atoms with van der Waals surface area (Å²) in [6.07, 6.45) is 1.74. The Labute approximate surface area is 167 Å². The minimum atomic E-state index is -0.615. The summed E-state index contributed by atoms with van der Waals surface area (Å²) in [7, 11) is 1.27. The number of aryl methyl sites for hydroxylation is 1. The molecule has 0 saturated carbocycles. The molecule has 0 atom stereocenters. The second kappa shape index (κ2) is 7.25. The summed E-state index contributed by atoms with van der Waals surface area (Å²) < 4.78 is 6.72. The Balaban J connectivity index is 2.10. The lowest BCUT2D eigenvalue weighted by molar-refractivity contribution is -0.135. The highest BCUT2D eigenvalue weighted by Crippen LogP contribution is 2.30. The molecule has 0 spiro atoms. The highest BCUT2D eigenvalue weighted by Gasteiger charge is 2.27. The zero-order valence-electron chi connectivity index (χ0n) is 15.3. The summed E-state index contributed by atoms with van der Waals surface area (Å²) >= 11 is 12.3. The molecule has 0 bridgehead atoms. The topological polar surface area (TPSA) is 63.8 Å². The number of nitrogens with zero attached hydrogens (tertiary/aromatic N) is 2. The smallest absolute Gasteiger partial charge is 0.343 e. The molecule has 27 heavy (non-hydrogen) atoms. The molecule has 1 aromatic heterocycles. The summed E-state index contributed by atoms with van der Waals surface area (Å²) in [6, 6.07) is 7.30. The van der Waals surface area contributed by atoms with E-state index in [4.69, 9.17) is 27.9 Å². The number of halogens is 2. The SMILES string of the molecule is COC(=O)C1=C(O)C(=Cc2cc(C)n(-c3cc(Cl)cc(Cl)c3)c2C)N=C1C. The zero-order chi connectivity index (χ0) is 19.9. The van der Waals surface area contributed by atoms with Crippen molar-refractivity contribution in [3.63, 3.8) is 0 Å². The van der Waals surface area contributed by atoms with Gasteiger partial charge < -0.3 is 14.4 Å². The van der Waals surface area contributed by atoms with E-state index in [0.717, 1.165) is 22.6 Å². The average Bonchev–Trinajstić information content (AvgIpc) is 3.02. The minimum Gasteiger partial charge on any atom is -0.505 e. The second-order valence-corrected chi connectivity index (χ2v) is 7.10. The van der Waals surface area contributed by atoms with E-state index in [9.17, 15) is 9.90 Å². The fraction of sp³-hybridized carbons (Fsp3) is 0.200. The van der Waals surface area contributed by atoms with Crippen LogP contribution in [0.25, 0.3) is 11.8 Å². The Kier molecular flexibility index (Phi) is 5.18. The third-order valence-corrected chi connectivity index (χ3v) is 4.82. The third-order valence-electron chi connectivity index (χ3n) is 4.39. The quantitative estimate of drug-likeness (QED) is 0.714. The van der Waals surface area contributed by atoms with Gasteiger partial charge in [0.1, 0.15) is 11.3 Å². The molecule has 1 N–H and O–H groups in total. The van der Waals surface area contributed by atoms with Crippen LogP contribution in [0.4, 0.5) is 0 Å². The summed E-state index contributed by atoms with van der Waals surface area (Å²) in [5.41, 5.74) is 4.40. The first-order chi connectivity index (χ1) is 12.7. The van der Waals surface area contributed by atoms with Crippen molar-refractivity contribution in [1.82, 2.24) is 4.57 Å². The number of methoxy groups -OCH3 is 1. The monoisotopic (exact) mass is 404 g/mol. The molecule has 1 aliphatic rings. The van der Waals surface area contributed by atoms with Gasteiger partial charge in [0.25, 0.3) is 0 Å². The van der Waals surface area contributed by atoms with Crippen molar-refractivity contribution in [3.05, 3.63) is 68.3 Å². The molecule has 140 valence electrons. The van der Waals surface area contributed by atoms with Crippen LogP contribution in [-0.4, -0.2) is 28.5 Å². The first-order valence-corrected chi connectivity index (χ1v) is 8.93. The standard InChI is InChI=1S/C20H18Cl2N2O3/c1-10-5-13(6-17-19(25)18(11(2)23-17)20(26)27-4)12(3)24(10)16-8-14(21)7-15(22)9-16/h5-9,25H,1-4H3. The highest BCUT2D eigenvalue weighted by molar-refractivity contribution is 6.34. The molecule has 0 fully saturated rings. The second-order valence-electron chi connectivity index (χ2n) is 6.23. The number of aromatic nitrogens is 1. The number of carbonyl (C=O) groups is 1. The van der Waals surface area contributed by atoms with Gasteiger partial charge in [0, 0.05) is 27.1 Å². The van der Waals surface area contributed by atoms with E-state index in [-0.39, 0.29) is 11.3 Å². The maximum Gasteiger partial charge on any atom is 0.343 e. The highest BCUT2D eigenvalue weighted by atomic mass is 35.5. The van der Waals surface area contributed by atoms with Gasteiger partial charge in [0.15, 0.2) is 5.76 Å². The molecule has 2 aromatic rings. The molecule has 0 amide bonds. The van der Waals surface area contributed by atoms with Crippen LogP contribution in [0.3, 0.4) is 0 Å². The number of benzene rings is 1. The van der Waals surface area contributed by atoms with Gasteiger partial charge >= 0.3 is 5.97 Å². The average molecular weight is 405 g/mol. The fourth-order valence-electron chi connectivity index (χ4n) is 3.18. The van der Waals surface area contributed by atoms with Gasteiger partial charge in [0.2, 0.25) is 0 Å². The first kappa shape index (κ1) is 19.3. The van der Waals surface area contributed by atoms with Gasteiger partial charge in [-0.15, -0.1) is 0 Å². The number of aliphatic hydroxyl groups is 1. The third kappa shape index (κ3) is 3.53. The number of aliphatic hydroxyl groups excluding tert-OH is 1. The van der Waals surface area contributed by atoms with Crippen molar-refractivity contribution in [2.45, 2.75) is 20.8 Å². The van der Waals surface area contributed by atoms with Gasteiger partial charge in [0.05, 0.1) is 12.8 Å². The Morgan fingerprint density at radius 2 is 1.78 bits per heavy atom. The zero-order valence-corrected chi connectivity index (χ0v) is 16.8. The van der Waals surface area contributed by atoms with Gasteiger partial charge in [-0.25, -0.2) is 9.79 Å². The van der Waals surface area contributed by atoms with Crippen molar-refractivity contribution in [2.75, 3.05) is 7.11 Å². The van der Waals surface area contributed by atoms with E-state index in [1.807, 2.05) is 36.6 Å². The molecule has 0 radical (unpaired) electrons. The molecular weight excluding hydrogens is 387 g/mol. The van der Waals surface area contributed by atoms with E-state index in [0.29, 0.717) is 21.5 Å². The molecule has 1 aromatic carbocycles. The number of ether oxygens (including phenoxy) is 1. The molecule has 3 rings (SSSR count). The van der Waals surface area contributed by atoms with Crippen LogP contribution in [-0.2, 0) is 9.53 Å². The Morgan fingerprint density at radius 1 is 1.15 bits per heavy atom. The predicted molar refractivity (Wildman–Crippen MR) is 108 cm³/mol. The normalized spacial score (nSPS) is 15.5. The number of hydrogen-bond acceptors (Lipinski definition) is 4. The molecule has 0 aliphatic carbocycles. The molecular formula is C20H18Cl2N2O3. The van der Waals surface area contributed by atoms with Crippen LogP contribution >= 0.6 is 23.2 Å². The Morgan fingerprint density at radius 3 is 2.37 bits per heavy atom. The fourth-order valence-corrected chi connectivity index (χ4v) is 3.70. The van der Waals surface area contributed by atoms with E-state index in [1.54, 1.807) is 19.1 Å². The molecule has 5 nitrogen and oxygen atoms in total. The molecule has 2 heterocycles. The van der Waals surface area contributed by atoms with Crippen LogP contribution in [0.1, 0.15) is 23.9 Å². The van der Waals surface area contributed by atoms with Gasteiger partial charge in [-0.3, -0.25) is 0 Å². The van der Waals surface area contributed by atoms with E-state index < -0.39 is 5.97 Å². The number of carbonyl (C=O) groups excluding carboxylic acids is 1. The Hall–Kier alpha value is -2.50. The number of hydrogen-bond donors (Lipinski definition) is 1. The van der Waals surface area contributed by atoms with Crippen molar-refractivity contribution in [3.8, 4) is 5.69 Å². The van der Waals surface area contributed by atoms with Crippen LogP contribution < -0.4 is 0 Å². The lowest BCUT2D eigenvalue weighted by Crippen LogP contribution is -2.11. The van der Waals surface area contributed by atoms with Crippen molar-refractivity contribution < 1.29 is 14.6 Å². The lowest BCUT2D eigenvalue weighted by Gasteiger charge is -2.11. The van der Waals surface area contributed by atoms with Crippen molar-refractivity contribution >= 4 is 41.0 Å². The number of esters is 1. The van der Waals surface area contributed by atoms with E-state index in [2.05, 4.69) is 4.99 Å². The predicted octanol–water partition coefficient (Wildman–Crippen LogP) is 5.20.